The number of aliphatic hydroxyl groups excluding tert-OH is 1. The number of hydrogen-bond donors (Lipinski definition) is 1. The van der Waals surface area contributed by atoms with Crippen LogP contribution < -0.4 is 9.80 Å². The Kier molecular flexibility index (Phi) is 6.86. The number of aliphatic hydroxyl groups is 1. The largest absolute Gasteiger partial charge is 0.386 e. The highest BCUT2D eigenvalue weighted by atomic mass is 16.5. The van der Waals surface area contributed by atoms with E-state index in [0.29, 0.717) is 17.9 Å². The summed E-state index contributed by atoms with van der Waals surface area (Å²) in [4.78, 5) is 18.3. The van der Waals surface area contributed by atoms with Crippen LogP contribution in [0.5, 0.6) is 0 Å². The van der Waals surface area contributed by atoms with E-state index >= 15 is 0 Å². The first-order valence-corrected chi connectivity index (χ1v) is 11.5. The number of ether oxygens (including phenoxy) is 1. The van der Waals surface area contributed by atoms with Gasteiger partial charge >= 0.3 is 0 Å². The molecule has 2 aliphatic heterocycles. The molecule has 0 spiro atoms. The van der Waals surface area contributed by atoms with Crippen molar-refractivity contribution in [1.82, 2.24) is 24.6 Å². The lowest BCUT2D eigenvalue weighted by Crippen LogP contribution is -2.39. The van der Waals surface area contributed by atoms with Gasteiger partial charge in [-0.1, -0.05) is 13.8 Å². The first-order chi connectivity index (χ1) is 15.6. The summed E-state index contributed by atoms with van der Waals surface area (Å²) in [6.45, 7) is 13.0. The van der Waals surface area contributed by atoms with Gasteiger partial charge in [0, 0.05) is 50.6 Å². The molecular formula is C23H33N7O2. The van der Waals surface area contributed by atoms with Crippen LogP contribution in [0.25, 0.3) is 5.65 Å². The highest BCUT2D eigenvalue weighted by Crippen LogP contribution is 2.29. The average molecular weight is 440 g/mol. The van der Waals surface area contributed by atoms with Gasteiger partial charge < -0.3 is 19.6 Å². The summed E-state index contributed by atoms with van der Waals surface area (Å²) >= 11 is 0. The van der Waals surface area contributed by atoms with Crippen molar-refractivity contribution in [3.8, 4) is 0 Å². The van der Waals surface area contributed by atoms with Crippen molar-refractivity contribution in [3.63, 3.8) is 0 Å². The number of morpholine rings is 1. The third kappa shape index (κ3) is 4.54. The highest BCUT2D eigenvalue weighted by molar-refractivity contribution is 5.58. The molecule has 2 saturated heterocycles. The molecule has 0 aliphatic carbocycles. The Morgan fingerprint density at radius 2 is 1.78 bits per heavy atom. The van der Waals surface area contributed by atoms with Crippen LogP contribution in [-0.4, -0.2) is 69.1 Å². The summed E-state index contributed by atoms with van der Waals surface area (Å²) < 4.78 is 7.28. The van der Waals surface area contributed by atoms with Crippen molar-refractivity contribution >= 4 is 17.2 Å². The molecule has 3 aromatic rings. The summed E-state index contributed by atoms with van der Waals surface area (Å²) in [5.74, 6) is 1.52. The van der Waals surface area contributed by atoms with Gasteiger partial charge in [0.2, 0.25) is 0 Å². The Morgan fingerprint density at radius 3 is 2.44 bits per heavy atom. The monoisotopic (exact) mass is 439 g/mol. The minimum Gasteiger partial charge on any atom is -0.386 e. The number of hydrogen-bond acceptors (Lipinski definition) is 8. The van der Waals surface area contributed by atoms with Crippen molar-refractivity contribution in [1.29, 1.82) is 0 Å². The fourth-order valence-corrected chi connectivity index (χ4v) is 3.91. The lowest BCUT2D eigenvalue weighted by molar-refractivity contribution is 0.122. The fourth-order valence-electron chi connectivity index (χ4n) is 3.91. The Labute approximate surface area is 189 Å². The Bertz CT molecular complexity index is 1020. The molecule has 0 saturated carbocycles. The SMILES string of the molecule is CC.Cc1ncc(C)n2nc(CC(O)c3cc(N4CCOCC4)cc(N4CCC4)n3)nc12. The van der Waals surface area contributed by atoms with Gasteiger partial charge in [-0.15, -0.1) is 0 Å². The van der Waals surface area contributed by atoms with Crippen LogP contribution in [-0.2, 0) is 11.2 Å². The molecule has 32 heavy (non-hydrogen) atoms. The zero-order chi connectivity index (χ0) is 22.7. The molecular weight excluding hydrogens is 406 g/mol. The minimum atomic E-state index is -0.781. The number of aryl methyl sites for hydroxylation is 2. The van der Waals surface area contributed by atoms with E-state index in [4.69, 9.17) is 9.72 Å². The molecule has 9 nitrogen and oxygen atoms in total. The maximum absolute atomic E-state index is 11.0. The van der Waals surface area contributed by atoms with Crippen LogP contribution in [0.3, 0.4) is 0 Å². The van der Waals surface area contributed by atoms with E-state index in [2.05, 4.69) is 30.9 Å². The van der Waals surface area contributed by atoms with Crippen LogP contribution in [0.1, 0.15) is 49.3 Å². The van der Waals surface area contributed by atoms with Crippen LogP contribution >= 0.6 is 0 Å². The number of pyridine rings is 1. The van der Waals surface area contributed by atoms with Gasteiger partial charge in [0.15, 0.2) is 11.5 Å². The molecule has 1 unspecified atom stereocenters. The van der Waals surface area contributed by atoms with E-state index in [1.54, 1.807) is 10.7 Å². The van der Waals surface area contributed by atoms with Crippen LogP contribution in [0, 0.1) is 13.8 Å². The zero-order valence-electron chi connectivity index (χ0n) is 19.5. The summed E-state index contributed by atoms with van der Waals surface area (Å²) in [6.07, 6.45) is 2.49. The summed E-state index contributed by atoms with van der Waals surface area (Å²) in [7, 11) is 0. The Hall–Kier alpha value is -2.78. The fraction of sp³-hybridized carbons (Fsp3) is 0.565. The molecule has 0 bridgehead atoms. The predicted molar refractivity (Wildman–Crippen MR) is 124 cm³/mol. The second-order valence-corrected chi connectivity index (χ2v) is 8.02. The lowest BCUT2D eigenvalue weighted by Gasteiger charge is -2.35. The van der Waals surface area contributed by atoms with Gasteiger partial charge in [-0.3, -0.25) is 4.98 Å². The maximum Gasteiger partial charge on any atom is 0.177 e. The van der Waals surface area contributed by atoms with Gasteiger partial charge in [-0.25, -0.2) is 14.5 Å². The summed E-state index contributed by atoms with van der Waals surface area (Å²) in [6, 6.07) is 4.12. The Balaban J connectivity index is 0.00000119. The first-order valence-electron chi connectivity index (χ1n) is 11.5. The topological polar surface area (TPSA) is 91.9 Å². The molecule has 2 fully saturated rings. The van der Waals surface area contributed by atoms with Gasteiger partial charge in [0.05, 0.1) is 30.3 Å². The van der Waals surface area contributed by atoms with Gasteiger partial charge in [0.25, 0.3) is 0 Å². The van der Waals surface area contributed by atoms with Crippen molar-refractivity contribution in [2.24, 2.45) is 0 Å². The number of fused-ring (bicyclic) bond motifs is 1. The normalized spacial score (nSPS) is 17.0. The molecule has 1 N–H and O–H groups in total. The van der Waals surface area contributed by atoms with E-state index in [1.807, 2.05) is 33.8 Å². The van der Waals surface area contributed by atoms with Crippen molar-refractivity contribution in [3.05, 3.63) is 41.2 Å². The van der Waals surface area contributed by atoms with E-state index in [0.717, 1.165) is 67.9 Å². The standard InChI is InChI=1S/C21H27N7O2.C2H6/c1-14-13-22-15(2)21-24-19(25-28(14)21)12-18(29)17-10-16(26-6-8-30-9-7-26)11-20(23-17)27-4-3-5-27;1-2/h10-11,13,18,29H,3-9,12H2,1-2H3;1-2H3. The lowest BCUT2D eigenvalue weighted by atomic mass is 10.1. The third-order valence-corrected chi connectivity index (χ3v) is 5.84. The molecule has 5 heterocycles. The second-order valence-electron chi connectivity index (χ2n) is 8.02. The molecule has 3 aromatic heterocycles. The molecule has 0 aromatic carbocycles. The molecule has 5 rings (SSSR count). The van der Waals surface area contributed by atoms with E-state index in [-0.39, 0.29) is 0 Å². The summed E-state index contributed by atoms with van der Waals surface area (Å²) in [5, 5.41) is 15.6. The predicted octanol–water partition coefficient (Wildman–Crippen LogP) is 2.49. The quantitative estimate of drug-likeness (QED) is 0.648. The van der Waals surface area contributed by atoms with Crippen LogP contribution in [0.15, 0.2) is 18.3 Å². The molecule has 172 valence electrons. The first kappa shape index (κ1) is 22.4. The minimum absolute atomic E-state index is 0.305. The van der Waals surface area contributed by atoms with Gasteiger partial charge in [-0.05, 0) is 26.3 Å². The summed E-state index contributed by atoms with van der Waals surface area (Å²) in [5.41, 5.74) is 4.21. The number of anilines is 2. The molecule has 0 radical (unpaired) electrons. The van der Waals surface area contributed by atoms with Crippen molar-refractivity contribution < 1.29 is 9.84 Å². The number of nitrogens with zero attached hydrogens (tertiary/aromatic N) is 7. The maximum atomic E-state index is 11.0. The molecule has 9 heteroatoms. The highest BCUT2D eigenvalue weighted by Gasteiger charge is 2.23. The smallest absolute Gasteiger partial charge is 0.177 e. The Morgan fingerprint density at radius 1 is 1.03 bits per heavy atom. The molecule has 2 aliphatic rings. The van der Waals surface area contributed by atoms with Crippen LogP contribution in [0.2, 0.25) is 0 Å². The average Bonchev–Trinajstić information content (AvgIpc) is 3.22. The van der Waals surface area contributed by atoms with Crippen molar-refractivity contribution in [2.45, 2.75) is 46.6 Å². The van der Waals surface area contributed by atoms with E-state index in [9.17, 15) is 5.11 Å². The number of rotatable bonds is 5. The van der Waals surface area contributed by atoms with E-state index in [1.165, 1.54) is 6.42 Å². The molecule has 1 atom stereocenters. The van der Waals surface area contributed by atoms with Crippen LogP contribution in [0.4, 0.5) is 11.5 Å². The van der Waals surface area contributed by atoms with Gasteiger partial charge in [-0.2, -0.15) is 5.10 Å². The van der Waals surface area contributed by atoms with Gasteiger partial charge in [0.1, 0.15) is 11.9 Å². The zero-order valence-corrected chi connectivity index (χ0v) is 19.5. The molecule has 0 amide bonds. The number of aromatic nitrogens is 5. The second kappa shape index (κ2) is 9.79. The van der Waals surface area contributed by atoms with Crippen molar-refractivity contribution in [2.75, 3.05) is 49.2 Å². The third-order valence-electron chi connectivity index (χ3n) is 5.84. The van der Waals surface area contributed by atoms with E-state index < -0.39 is 6.10 Å².